The van der Waals surface area contributed by atoms with Crippen molar-refractivity contribution >= 4 is 34.3 Å². The van der Waals surface area contributed by atoms with Gasteiger partial charge in [-0.1, -0.05) is 121 Å². The molecule has 0 fully saturated rings. The first kappa shape index (κ1) is 27.0. The van der Waals surface area contributed by atoms with Crippen molar-refractivity contribution in [3.63, 3.8) is 0 Å². The van der Waals surface area contributed by atoms with Gasteiger partial charge in [-0.2, -0.15) is 0 Å². The lowest BCUT2D eigenvalue weighted by molar-refractivity contribution is 0.791. The van der Waals surface area contributed by atoms with Gasteiger partial charge in [0, 0.05) is 27.2 Å². The van der Waals surface area contributed by atoms with Crippen molar-refractivity contribution in [2.75, 3.05) is 0 Å². The third kappa shape index (κ3) is 5.27. The molecule has 7 rings (SSSR count). The third-order valence-electron chi connectivity index (χ3n) is 7.39. The molecule has 0 aliphatic rings. The van der Waals surface area contributed by atoms with Crippen LogP contribution in [-0.4, -0.2) is 19.7 Å². The zero-order valence-corrected chi connectivity index (χ0v) is 24.5. The van der Waals surface area contributed by atoms with Gasteiger partial charge in [-0.3, -0.25) is 9.36 Å². The van der Waals surface area contributed by atoms with E-state index in [1.807, 2.05) is 109 Å². The Morgan fingerprint density at radius 2 is 1.28 bits per heavy atom. The summed E-state index contributed by atoms with van der Waals surface area (Å²) in [6.45, 7) is 0. The van der Waals surface area contributed by atoms with Crippen LogP contribution < -0.4 is 5.56 Å². The highest BCUT2D eigenvalue weighted by molar-refractivity contribution is 7.99. The van der Waals surface area contributed by atoms with Crippen LogP contribution in [0.25, 0.3) is 27.7 Å². The number of benzene rings is 5. The Balaban J connectivity index is 1.47. The molecule has 0 radical (unpaired) electrons. The van der Waals surface area contributed by atoms with Crippen molar-refractivity contribution in [3.05, 3.63) is 172 Å². The van der Waals surface area contributed by atoms with Crippen LogP contribution >= 0.6 is 23.4 Å². The molecule has 208 valence electrons. The highest BCUT2D eigenvalue weighted by Crippen LogP contribution is 2.40. The SMILES string of the molecule is O=c1[nH]c2ccc(Cl)cc2c(-c2ccccc2)c1Sc1nnc(C(c2ccccc2)c2ccccc2)n1-c1ccccc1. The molecule has 0 amide bonds. The zero-order chi connectivity index (χ0) is 29.2. The van der Waals surface area contributed by atoms with Gasteiger partial charge >= 0.3 is 0 Å². The number of para-hydroxylation sites is 1. The molecule has 5 aromatic carbocycles. The fraction of sp³-hybridized carbons (Fsp3) is 0.0278. The van der Waals surface area contributed by atoms with Gasteiger partial charge < -0.3 is 4.98 Å². The normalized spacial score (nSPS) is 11.3. The summed E-state index contributed by atoms with van der Waals surface area (Å²) in [5.74, 6) is 0.569. The van der Waals surface area contributed by atoms with E-state index in [0.29, 0.717) is 15.1 Å². The van der Waals surface area contributed by atoms with Gasteiger partial charge in [0.05, 0.1) is 10.8 Å². The minimum atomic E-state index is -0.203. The zero-order valence-electron chi connectivity index (χ0n) is 22.9. The third-order valence-corrected chi connectivity index (χ3v) is 8.66. The molecule has 2 aromatic heterocycles. The molecule has 0 atom stereocenters. The Hall–Kier alpha value is -4.91. The number of pyridine rings is 1. The van der Waals surface area contributed by atoms with Crippen molar-refractivity contribution in [2.45, 2.75) is 16.0 Å². The van der Waals surface area contributed by atoms with Crippen LogP contribution in [0.2, 0.25) is 5.02 Å². The molecule has 2 heterocycles. The average Bonchev–Trinajstić information content (AvgIpc) is 3.46. The standard InChI is InChI=1S/C36H25ClN4OS/c37-27-21-22-30-29(23-27)32(26-17-9-3-10-18-26)33(35(42)38-30)43-36-40-39-34(41(36)28-19-11-4-12-20-28)31(24-13-5-1-6-14-24)25-15-7-2-8-16-25/h1-23,31H,(H,38,42). The first-order valence-corrected chi connectivity index (χ1v) is 15.1. The van der Waals surface area contributed by atoms with Crippen LogP contribution in [0.4, 0.5) is 0 Å². The van der Waals surface area contributed by atoms with Crippen LogP contribution in [0.3, 0.4) is 0 Å². The number of aromatic amines is 1. The maximum absolute atomic E-state index is 13.8. The Labute approximate surface area is 257 Å². The van der Waals surface area contributed by atoms with Gasteiger partial charge in [-0.25, -0.2) is 0 Å². The molecule has 7 heteroatoms. The predicted octanol–water partition coefficient (Wildman–Crippen LogP) is 8.76. The quantitative estimate of drug-likeness (QED) is 0.200. The van der Waals surface area contributed by atoms with Crippen molar-refractivity contribution in [3.8, 4) is 16.8 Å². The number of nitrogens with one attached hydrogen (secondary N) is 1. The smallest absolute Gasteiger partial charge is 0.263 e. The van der Waals surface area contributed by atoms with E-state index in [-0.39, 0.29) is 11.5 Å². The van der Waals surface area contributed by atoms with Gasteiger partial charge in [0.2, 0.25) is 5.16 Å². The molecule has 43 heavy (non-hydrogen) atoms. The van der Waals surface area contributed by atoms with Crippen LogP contribution in [-0.2, 0) is 0 Å². The number of rotatable bonds is 7. The van der Waals surface area contributed by atoms with Gasteiger partial charge in [0.15, 0.2) is 0 Å². The minimum absolute atomic E-state index is 0.188. The molecule has 0 spiro atoms. The molecule has 0 saturated heterocycles. The summed E-state index contributed by atoms with van der Waals surface area (Å²) in [4.78, 5) is 17.4. The summed E-state index contributed by atoms with van der Waals surface area (Å²) in [6.07, 6.45) is 0. The van der Waals surface area contributed by atoms with Gasteiger partial charge in [0.25, 0.3) is 5.56 Å². The predicted molar refractivity (Wildman–Crippen MR) is 174 cm³/mol. The van der Waals surface area contributed by atoms with E-state index in [1.54, 1.807) is 6.07 Å². The van der Waals surface area contributed by atoms with E-state index in [9.17, 15) is 4.79 Å². The summed E-state index contributed by atoms with van der Waals surface area (Å²) in [5, 5.41) is 11.6. The maximum Gasteiger partial charge on any atom is 0.263 e. The highest BCUT2D eigenvalue weighted by atomic mass is 35.5. The first-order valence-electron chi connectivity index (χ1n) is 13.9. The van der Waals surface area contributed by atoms with E-state index < -0.39 is 0 Å². The lowest BCUT2D eigenvalue weighted by atomic mass is 9.90. The molecule has 0 aliphatic heterocycles. The average molecular weight is 597 g/mol. The Morgan fingerprint density at radius 3 is 1.91 bits per heavy atom. The topological polar surface area (TPSA) is 63.6 Å². The van der Waals surface area contributed by atoms with Gasteiger partial charge in [-0.05, 0) is 58.8 Å². The maximum atomic E-state index is 13.8. The monoisotopic (exact) mass is 596 g/mol. The Morgan fingerprint density at radius 1 is 0.698 bits per heavy atom. The van der Waals surface area contributed by atoms with Crippen molar-refractivity contribution in [1.29, 1.82) is 0 Å². The van der Waals surface area contributed by atoms with E-state index in [2.05, 4.69) is 33.8 Å². The summed E-state index contributed by atoms with van der Waals surface area (Å²) >= 11 is 7.77. The number of aromatic nitrogens is 4. The van der Waals surface area contributed by atoms with E-state index >= 15 is 0 Å². The minimum Gasteiger partial charge on any atom is -0.321 e. The van der Waals surface area contributed by atoms with E-state index in [4.69, 9.17) is 21.8 Å². The molecule has 0 unspecified atom stereocenters. The molecule has 5 nitrogen and oxygen atoms in total. The number of fused-ring (bicyclic) bond motifs is 1. The molecule has 0 saturated carbocycles. The lowest BCUT2D eigenvalue weighted by Gasteiger charge is -2.20. The second-order valence-electron chi connectivity index (χ2n) is 10.1. The molecule has 0 bridgehead atoms. The van der Waals surface area contributed by atoms with Crippen LogP contribution in [0, 0.1) is 0 Å². The Kier molecular flexibility index (Phi) is 7.37. The number of hydrogen-bond acceptors (Lipinski definition) is 4. The summed E-state index contributed by atoms with van der Waals surface area (Å²) in [6, 6.07) is 46.1. The van der Waals surface area contributed by atoms with Crippen LogP contribution in [0.15, 0.2) is 154 Å². The molecular formula is C36H25ClN4OS. The number of nitrogens with zero attached hydrogens (tertiary/aromatic N) is 3. The van der Waals surface area contributed by atoms with Crippen molar-refractivity contribution in [2.24, 2.45) is 0 Å². The molecule has 0 aliphatic carbocycles. The van der Waals surface area contributed by atoms with E-state index in [1.165, 1.54) is 11.8 Å². The van der Waals surface area contributed by atoms with Crippen molar-refractivity contribution in [1.82, 2.24) is 19.7 Å². The van der Waals surface area contributed by atoms with Crippen LogP contribution in [0.5, 0.6) is 0 Å². The van der Waals surface area contributed by atoms with Crippen molar-refractivity contribution < 1.29 is 0 Å². The largest absolute Gasteiger partial charge is 0.321 e. The molecule has 1 N–H and O–H groups in total. The highest BCUT2D eigenvalue weighted by Gasteiger charge is 2.27. The second kappa shape index (κ2) is 11.8. The number of hydrogen-bond donors (Lipinski definition) is 1. The van der Waals surface area contributed by atoms with Gasteiger partial charge in [0.1, 0.15) is 5.82 Å². The summed E-state index contributed by atoms with van der Waals surface area (Å²) in [5.41, 5.74) is 5.33. The van der Waals surface area contributed by atoms with E-state index in [0.717, 1.165) is 44.7 Å². The fourth-order valence-electron chi connectivity index (χ4n) is 5.46. The Bertz CT molecular complexity index is 2040. The molecule has 7 aromatic rings. The molecular weight excluding hydrogens is 572 g/mol. The number of H-pyrrole nitrogens is 1. The second-order valence-corrected chi connectivity index (χ2v) is 11.5. The summed E-state index contributed by atoms with van der Waals surface area (Å²) < 4.78 is 2.06. The lowest BCUT2D eigenvalue weighted by Crippen LogP contribution is -2.13. The number of halogens is 1. The van der Waals surface area contributed by atoms with Crippen LogP contribution in [0.1, 0.15) is 22.9 Å². The fourth-order valence-corrected chi connectivity index (χ4v) is 6.66. The summed E-state index contributed by atoms with van der Waals surface area (Å²) in [7, 11) is 0. The first-order chi connectivity index (χ1) is 21.2. The van der Waals surface area contributed by atoms with Gasteiger partial charge in [-0.15, -0.1) is 10.2 Å².